The Morgan fingerprint density at radius 2 is 2.00 bits per heavy atom. The van der Waals surface area contributed by atoms with Gasteiger partial charge in [0.15, 0.2) is 0 Å². The van der Waals surface area contributed by atoms with Crippen molar-refractivity contribution in [3.8, 4) is 6.08 Å². The minimum Gasteiger partial charge on any atom is -0.447 e. The zero-order chi connectivity index (χ0) is 15.6. The number of fused-ring (bicyclic) bond motifs is 1. The van der Waals surface area contributed by atoms with Crippen LogP contribution < -0.4 is 4.74 Å². The van der Waals surface area contributed by atoms with Crippen molar-refractivity contribution in [2.75, 3.05) is 26.2 Å². The average Bonchev–Trinajstić information content (AvgIpc) is 2.89. The molecule has 2 aliphatic heterocycles. The zero-order valence-corrected chi connectivity index (χ0v) is 14.3. The molecular formula is C18H29N3O2. The molecule has 1 saturated heterocycles. The van der Waals surface area contributed by atoms with Crippen molar-refractivity contribution in [3.05, 3.63) is 11.5 Å². The summed E-state index contributed by atoms with van der Waals surface area (Å²) in [6.45, 7) is 7.67. The van der Waals surface area contributed by atoms with Crippen LogP contribution >= 0.6 is 0 Å². The van der Waals surface area contributed by atoms with Gasteiger partial charge in [0, 0.05) is 32.1 Å². The first-order valence-electron chi connectivity index (χ1n) is 9.43. The van der Waals surface area contributed by atoms with Gasteiger partial charge in [0.25, 0.3) is 0 Å². The number of rotatable bonds is 5. The molecule has 0 aromatic carbocycles. The summed E-state index contributed by atoms with van der Waals surface area (Å²) in [6, 6.07) is 0.856. The first kappa shape index (κ1) is 15.5. The van der Waals surface area contributed by atoms with Crippen molar-refractivity contribution in [2.45, 2.75) is 70.6 Å². The molecule has 1 saturated carbocycles. The molecule has 0 N–H and O–H groups in total. The van der Waals surface area contributed by atoms with Crippen molar-refractivity contribution in [3.63, 3.8) is 0 Å². The number of nitrogens with zero attached hydrogens (tertiary/aromatic N) is 3. The fourth-order valence-corrected chi connectivity index (χ4v) is 4.04. The topological polar surface area (TPSA) is 41.7 Å². The summed E-state index contributed by atoms with van der Waals surface area (Å²) >= 11 is 0. The first-order chi connectivity index (χ1) is 11.3. The largest absolute Gasteiger partial charge is 0.447 e. The van der Waals surface area contributed by atoms with Gasteiger partial charge in [0.1, 0.15) is 11.9 Å². The van der Waals surface area contributed by atoms with E-state index in [1.54, 1.807) is 0 Å². The normalized spacial score (nSPS) is 24.4. The molecule has 2 fully saturated rings. The molecule has 1 aromatic heterocycles. The van der Waals surface area contributed by atoms with Gasteiger partial charge in [-0.1, -0.05) is 13.3 Å². The molecule has 0 spiro atoms. The van der Waals surface area contributed by atoms with Crippen molar-refractivity contribution < 1.29 is 9.15 Å². The molecular weight excluding hydrogens is 290 g/mol. The van der Waals surface area contributed by atoms with Crippen molar-refractivity contribution in [2.24, 2.45) is 0 Å². The highest BCUT2D eigenvalue weighted by Crippen LogP contribution is 2.29. The molecule has 0 amide bonds. The molecule has 0 unspecified atom stereocenters. The summed E-state index contributed by atoms with van der Waals surface area (Å²) in [5.41, 5.74) is 1.11. The predicted molar refractivity (Wildman–Crippen MR) is 88.6 cm³/mol. The summed E-state index contributed by atoms with van der Waals surface area (Å²) in [6.07, 6.45) is 9.37. The lowest BCUT2D eigenvalue weighted by Crippen LogP contribution is -2.46. The number of hydrogen-bond acceptors (Lipinski definition) is 5. The van der Waals surface area contributed by atoms with E-state index in [0.717, 1.165) is 56.4 Å². The Hall–Kier alpha value is -1.07. The molecule has 0 radical (unpaired) electrons. The molecule has 1 aromatic rings. The quantitative estimate of drug-likeness (QED) is 0.835. The minimum atomic E-state index is 0.276. The van der Waals surface area contributed by atoms with Crippen LogP contribution in [0.25, 0.3) is 0 Å². The second-order valence-electron chi connectivity index (χ2n) is 7.31. The summed E-state index contributed by atoms with van der Waals surface area (Å²) in [4.78, 5) is 9.68. The maximum Gasteiger partial charge on any atom is 0.394 e. The highest BCUT2D eigenvalue weighted by atomic mass is 16.6. The van der Waals surface area contributed by atoms with Crippen LogP contribution in [0.4, 0.5) is 0 Å². The Labute approximate surface area is 139 Å². The third kappa shape index (κ3) is 3.41. The van der Waals surface area contributed by atoms with Crippen molar-refractivity contribution >= 4 is 0 Å². The van der Waals surface area contributed by atoms with Gasteiger partial charge in [0.05, 0.1) is 12.2 Å². The number of likely N-dealkylation sites (tertiary alicyclic amines) is 1. The Kier molecular flexibility index (Phi) is 4.58. The second-order valence-corrected chi connectivity index (χ2v) is 7.31. The molecule has 5 nitrogen and oxygen atoms in total. The van der Waals surface area contributed by atoms with E-state index in [1.807, 2.05) is 0 Å². The van der Waals surface area contributed by atoms with Crippen LogP contribution in [-0.2, 0) is 13.0 Å². The smallest absolute Gasteiger partial charge is 0.394 e. The van der Waals surface area contributed by atoms with Gasteiger partial charge in [-0.05, 0) is 38.6 Å². The Balaban J connectivity index is 1.30. The van der Waals surface area contributed by atoms with Crippen molar-refractivity contribution in [1.29, 1.82) is 0 Å². The molecule has 3 heterocycles. The van der Waals surface area contributed by atoms with Crippen LogP contribution in [0.1, 0.15) is 56.9 Å². The van der Waals surface area contributed by atoms with E-state index < -0.39 is 0 Å². The van der Waals surface area contributed by atoms with Crippen LogP contribution in [0.15, 0.2) is 4.42 Å². The lowest BCUT2D eigenvalue weighted by Gasteiger charge is -2.41. The fraction of sp³-hybridized carbons (Fsp3) is 0.833. The van der Waals surface area contributed by atoms with Crippen LogP contribution in [0.2, 0.25) is 0 Å². The van der Waals surface area contributed by atoms with E-state index in [4.69, 9.17) is 9.15 Å². The van der Waals surface area contributed by atoms with Crippen LogP contribution in [0, 0.1) is 0 Å². The van der Waals surface area contributed by atoms with Gasteiger partial charge in [0.2, 0.25) is 0 Å². The van der Waals surface area contributed by atoms with Gasteiger partial charge in [-0.25, -0.2) is 0 Å². The fourth-order valence-electron chi connectivity index (χ4n) is 4.04. The third-order valence-corrected chi connectivity index (χ3v) is 5.67. The second kappa shape index (κ2) is 6.81. The molecule has 128 valence electrons. The maximum atomic E-state index is 6.06. The number of aromatic nitrogens is 1. The SMILES string of the molecule is CCCN1CCc2nc(OC3CCN(C4CCC4)CC3)oc2C1. The monoisotopic (exact) mass is 319 g/mol. The lowest BCUT2D eigenvalue weighted by molar-refractivity contribution is 0.0356. The summed E-state index contributed by atoms with van der Waals surface area (Å²) in [5.74, 6) is 1.02. The van der Waals surface area contributed by atoms with E-state index in [2.05, 4.69) is 21.7 Å². The number of hydrogen-bond donors (Lipinski definition) is 0. The van der Waals surface area contributed by atoms with Crippen LogP contribution in [-0.4, -0.2) is 53.1 Å². The van der Waals surface area contributed by atoms with E-state index in [0.29, 0.717) is 6.08 Å². The Bertz CT molecular complexity index is 518. The summed E-state index contributed by atoms with van der Waals surface area (Å²) in [7, 11) is 0. The van der Waals surface area contributed by atoms with Gasteiger partial charge in [-0.3, -0.25) is 4.90 Å². The molecule has 3 aliphatic rings. The zero-order valence-electron chi connectivity index (χ0n) is 14.3. The highest BCUT2D eigenvalue weighted by Gasteiger charge is 2.30. The Morgan fingerprint density at radius 1 is 1.17 bits per heavy atom. The standard InChI is InChI=1S/C18H29N3O2/c1-2-9-20-10-8-16-17(13-20)23-18(19-16)22-15-6-11-21(12-7-15)14-4-3-5-14/h14-15H,2-13H2,1H3. The first-order valence-corrected chi connectivity index (χ1v) is 9.43. The summed E-state index contributed by atoms with van der Waals surface area (Å²) < 4.78 is 12.0. The predicted octanol–water partition coefficient (Wildman–Crippen LogP) is 2.84. The number of oxazole rings is 1. The molecule has 1 aliphatic carbocycles. The van der Waals surface area contributed by atoms with Gasteiger partial charge < -0.3 is 14.1 Å². The highest BCUT2D eigenvalue weighted by molar-refractivity contribution is 5.15. The maximum absolute atomic E-state index is 6.06. The lowest BCUT2D eigenvalue weighted by atomic mass is 9.90. The van der Waals surface area contributed by atoms with Crippen molar-refractivity contribution in [1.82, 2.24) is 14.8 Å². The van der Waals surface area contributed by atoms with E-state index in [-0.39, 0.29) is 6.10 Å². The number of piperidine rings is 1. The van der Waals surface area contributed by atoms with Crippen LogP contribution in [0.3, 0.4) is 0 Å². The number of ether oxygens (including phenoxy) is 1. The minimum absolute atomic E-state index is 0.276. The van der Waals surface area contributed by atoms with E-state index in [1.165, 1.54) is 38.8 Å². The van der Waals surface area contributed by atoms with E-state index in [9.17, 15) is 0 Å². The average molecular weight is 319 g/mol. The van der Waals surface area contributed by atoms with Gasteiger partial charge >= 0.3 is 6.08 Å². The van der Waals surface area contributed by atoms with E-state index >= 15 is 0 Å². The van der Waals surface area contributed by atoms with Gasteiger partial charge in [-0.2, -0.15) is 4.98 Å². The molecule has 0 bridgehead atoms. The third-order valence-electron chi connectivity index (χ3n) is 5.67. The molecule has 5 heteroatoms. The summed E-state index contributed by atoms with van der Waals surface area (Å²) in [5, 5.41) is 0. The molecule has 4 rings (SSSR count). The molecule has 0 atom stereocenters. The Morgan fingerprint density at radius 3 is 2.70 bits per heavy atom. The van der Waals surface area contributed by atoms with Gasteiger partial charge in [-0.15, -0.1) is 0 Å². The van der Waals surface area contributed by atoms with Crippen LogP contribution in [0.5, 0.6) is 6.08 Å². The molecule has 23 heavy (non-hydrogen) atoms.